The molecule has 1 amide bonds. The highest BCUT2D eigenvalue weighted by Gasteiger charge is 2.12. The molecule has 0 aliphatic heterocycles. The van der Waals surface area contributed by atoms with Crippen LogP contribution in [0.15, 0.2) is 65.8 Å². The molecule has 1 N–H and O–H groups in total. The molecule has 0 unspecified atom stereocenters. The second-order valence-corrected chi connectivity index (χ2v) is 7.70. The summed E-state index contributed by atoms with van der Waals surface area (Å²) in [5, 5.41) is 4.07. The van der Waals surface area contributed by atoms with Crippen molar-refractivity contribution in [1.82, 2.24) is 5.43 Å². The minimum absolute atomic E-state index is 0.202. The maximum atomic E-state index is 13.4. The van der Waals surface area contributed by atoms with Crippen molar-refractivity contribution >= 4 is 12.1 Å². The molecule has 0 spiro atoms. The lowest BCUT2D eigenvalue weighted by atomic mass is 10.2. The summed E-state index contributed by atoms with van der Waals surface area (Å²) >= 11 is 0. The van der Waals surface area contributed by atoms with Crippen molar-refractivity contribution in [2.24, 2.45) is 5.10 Å². The van der Waals surface area contributed by atoms with Crippen LogP contribution in [0.5, 0.6) is 23.0 Å². The van der Waals surface area contributed by atoms with E-state index in [1.54, 1.807) is 48.5 Å². The minimum atomic E-state index is -0.380. The van der Waals surface area contributed by atoms with Crippen LogP contribution in [0.2, 0.25) is 0 Å². The van der Waals surface area contributed by atoms with Crippen LogP contribution in [-0.2, 0) is 6.61 Å². The maximum absolute atomic E-state index is 13.4. The van der Waals surface area contributed by atoms with Crippen LogP contribution in [0, 0.1) is 5.82 Å². The molecule has 7 nitrogen and oxygen atoms in total. The number of halogens is 1. The molecule has 36 heavy (non-hydrogen) atoms. The number of hydrazone groups is 1. The standard InChI is InChI=1S/C28H31FN2O5/c1-4-14-35-24-13-11-22(17-27(24)34-6-3)28(32)31-30-18-20-10-12-25(26(16-20)33-5-2)36-19-21-8-7-9-23(29)15-21/h7-13,15-18H,4-6,14,19H2,1-3H3,(H,31,32)/b30-18+. The van der Waals surface area contributed by atoms with E-state index < -0.39 is 0 Å². The van der Waals surface area contributed by atoms with Gasteiger partial charge in [0.15, 0.2) is 23.0 Å². The second-order valence-electron chi connectivity index (χ2n) is 7.70. The number of nitrogens with zero attached hydrogens (tertiary/aromatic N) is 1. The number of carbonyl (C=O) groups is 1. The van der Waals surface area contributed by atoms with Crippen molar-refractivity contribution in [3.63, 3.8) is 0 Å². The van der Waals surface area contributed by atoms with Gasteiger partial charge in [-0.15, -0.1) is 0 Å². The predicted molar refractivity (Wildman–Crippen MR) is 137 cm³/mol. The Morgan fingerprint density at radius 2 is 1.58 bits per heavy atom. The number of carbonyl (C=O) groups excluding carboxylic acids is 1. The van der Waals surface area contributed by atoms with Crippen LogP contribution in [0.3, 0.4) is 0 Å². The molecule has 0 atom stereocenters. The lowest BCUT2D eigenvalue weighted by molar-refractivity contribution is 0.0954. The van der Waals surface area contributed by atoms with E-state index in [9.17, 15) is 9.18 Å². The summed E-state index contributed by atoms with van der Waals surface area (Å²) in [6.07, 6.45) is 2.38. The van der Waals surface area contributed by atoms with Crippen LogP contribution in [-0.4, -0.2) is 31.9 Å². The van der Waals surface area contributed by atoms with Crippen LogP contribution >= 0.6 is 0 Å². The summed E-state index contributed by atoms with van der Waals surface area (Å²) in [7, 11) is 0. The van der Waals surface area contributed by atoms with E-state index in [1.165, 1.54) is 18.3 Å². The first kappa shape index (κ1) is 26.5. The van der Waals surface area contributed by atoms with Crippen molar-refractivity contribution in [2.45, 2.75) is 33.8 Å². The molecule has 0 bridgehead atoms. The number of amides is 1. The SMILES string of the molecule is CCCOc1ccc(C(=O)N/N=C/c2ccc(OCc3cccc(F)c3)c(OCC)c2)cc1OCC. The van der Waals surface area contributed by atoms with Gasteiger partial charge in [0.1, 0.15) is 12.4 Å². The summed E-state index contributed by atoms with van der Waals surface area (Å²) in [6.45, 7) is 7.41. The highest BCUT2D eigenvalue weighted by Crippen LogP contribution is 2.30. The Labute approximate surface area is 210 Å². The Balaban J connectivity index is 1.65. The van der Waals surface area contributed by atoms with Gasteiger partial charge in [-0.3, -0.25) is 4.79 Å². The van der Waals surface area contributed by atoms with Gasteiger partial charge in [0.25, 0.3) is 5.91 Å². The van der Waals surface area contributed by atoms with Crippen molar-refractivity contribution in [1.29, 1.82) is 0 Å². The molecule has 0 saturated heterocycles. The summed E-state index contributed by atoms with van der Waals surface area (Å²) in [5.41, 5.74) is 4.34. The molecule has 0 radical (unpaired) electrons. The number of hydrogen-bond donors (Lipinski definition) is 1. The predicted octanol–water partition coefficient (Wildman–Crippen LogP) is 5.75. The van der Waals surface area contributed by atoms with Gasteiger partial charge in [0, 0.05) is 5.56 Å². The van der Waals surface area contributed by atoms with E-state index >= 15 is 0 Å². The molecule has 0 heterocycles. The fraction of sp³-hybridized carbons (Fsp3) is 0.286. The van der Waals surface area contributed by atoms with Crippen LogP contribution in [0.1, 0.15) is 48.7 Å². The highest BCUT2D eigenvalue weighted by atomic mass is 19.1. The average molecular weight is 495 g/mol. The van der Waals surface area contributed by atoms with E-state index in [1.807, 2.05) is 20.8 Å². The molecular formula is C28H31FN2O5. The van der Waals surface area contributed by atoms with Gasteiger partial charge < -0.3 is 18.9 Å². The molecule has 0 saturated carbocycles. The number of ether oxygens (including phenoxy) is 4. The molecule has 0 fully saturated rings. The monoisotopic (exact) mass is 494 g/mol. The van der Waals surface area contributed by atoms with E-state index in [0.29, 0.717) is 59.5 Å². The lowest BCUT2D eigenvalue weighted by Gasteiger charge is -2.13. The Hall–Kier alpha value is -4.07. The number of nitrogens with one attached hydrogen (secondary N) is 1. The van der Waals surface area contributed by atoms with Gasteiger partial charge >= 0.3 is 0 Å². The zero-order valence-electron chi connectivity index (χ0n) is 20.8. The van der Waals surface area contributed by atoms with Crippen molar-refractivity contribution in [2.75, 3.05) is 19.8 Å². The third-order valence-electron chi connectivity index (χ3n) is 4.90. The third kappa shape index (κ3) is 7.73. The normalized spacial score (nSPS) is 10.8. The van der Waals surface area contributed by atoms with Crippen molar-refractivity contribution < 1.29 is 28.1 Å². The Bertz CT molecular complexity index is 1180. The zero-order valence-corrected chi connectivity index (χ0v) is 20.8. The van der Waals surface area contributed by atoms with E-state index in [-0.39, 0.29) is 18.3 Å². The van der Waals surface area contributed by atoms with Crippen LogP contribution in [0.4, 0.5) is 4.39 Å². The van der Waals surface area contributed by atoms with Gasteiger partial charge in [0.2, 0.25) is 0 Å². The van der Waals surface area contributed by atoms with Gasteiger partial charge in [-0.2, -0.15) is 5.10 Å². The third-order valence-corrected chi connectivity index (χ3v) is 4.90. The first-order valence-electron chi connectivity index (χ1n) is 11.9. The second kappa shape index (κ2) is 13.7. The first-order valence-corrected chi connectivity index (χ1v) is 11.9. The molecule has 8 heteroatoms. The molecule has 0 aliphatic rings. The topological polar surface area (TPSA) is 78.4 Å². The highest BCUT2D eigenvalue weighted by molar-refractivity contribution is 5.95. The Morgan fingerprint density at radius 3 is 2.31 bits per heavy atom. The molecular weight excluding hydrogens is 463 g/mol. The molecule has 0 aliphatic carbocycles. The van der Waals surface area contributed by atoms with Crippen molar-refractivity contribution in [3.05, 3.63) is 83.2 Å². The lowest BCUT2D eigenvalue weighted by Crippen LogP contribution is -2.17. The van der Waals surface area contributed by atoms with Crippen LogP contribution in [0.25, 0.3) is 0 Å². The van der Waals surface area contributed by atoms with E-state index in [4.69, 9.17) is 18.9 Å². The van der Waals surface area contributed by atoms with Gasteiger partial charge in [0.05, 0.1) is 26.0 Å². The summed E-state index contributed by atoms with van der Waals surface area (Å²) in [4.78, 5) is 12.6. The van der Waals surface area contributed by atoms with Crippen LogP contribution < -0.4 is 24.4 Å². The Kier molecular flexibility index (Phi) is 10.1. The van der Waals surface area contributed by atoms with E-state index in [2.05, 4.69) is 10.5 Å². The maximum Gasteiger partial charge on any atom is 0.271 e. The average Bonchev–Trinajstić information content (AvgIpc) is 2.88. The van der Waals surface area contributed by atoms with Crippen molar-refractivity contribution in [3.8, 4) is 23.0 Å². The van der Waals surface area contributed by atoms with Gasteiger partial charge in [-0.05, 0) is 79.9 Å². The smallest absolute Gasteiger partial charge is 0.271 e. The summed E-state index contributed by atoms with van der Waals surface area (Å²) in [5.74, 6) is 1.46. The minimum Gasteiger partial charge on any atom is -0.490 e. The first-order chi connectivity index (χ1) is 17.5. The van der Waals surface area contributed by atoms with Gasteiger partial charge in [-0.1, -0.05) is 19.1 Å². The fourth-order valence-corrected chi connectivity index (χ4v) is 3.26. The number of benzene rings is 3. The molecule has 3 rings (SSSR count). The number of rotatable bonds is 13. The molecule has 190 valence electrons. The summed E-state index contributed by atoms with van der Waals surface area (Å²) < 4.78 is 36.2. The quantitative estimate of drug-likeness (QED) is 0.242. The molecule has 3 aromatic carbocycles. The summed E-state index contributed by atoms with van der Waals surface area (Å²) in [6, 6.07) is 16.5. The van der Waals surface area contributed by atoms with E-state index in [0.717, 1.165) is 6.42 Å². The fourth-order valence-electron chi connectivity index (χ4n) is 3.26. The Morgan fingerprint density at radius 1 is 0.861 bits per heavy atom. The molecule has 0 aromatic heterocycles. The molecule has 3 aromatic rings. The largest absolute Gasteiger partial charge is 0.490 e. The zero-order chi connectivity index (χ0) is 25.8. The van der Waals surface area contributed by atoms with Gasteiger partial charge in [-0.25, -0.2) is 9.82 Å². The number of hydrogen-bond acceptors (Lipinski definition) is 6.